The zero-order valence-corrected chi connectivity index (χ0v) is 16.7. The van der Waals surface area contributed by atoms with Crippen LogP contribution in [0.4, 0.5) is 5.69 Å². The van der Waals surface area contributed by atoms with Gasteiger partial charge >= 0.3 is 0 Å². The van der Waals surface area contributed by atoms with Crippen LogP contribution in [-0.4, -0.2) is 46.3 Å². The number of imidazole rings is 1. The molecule has 7 heteroatoms. The third-order valence-electron chi connectivity index (χ3n) is 5.58. The summed E-state index contributed by atoms with van der Waals surface area (Å²) in [5, 5.41) is 3.54. The maximum atomic E-state index is 13.0. The lowest BCUT2D eigenvalue weighted by Crippen LogP contribution is -2.45. The first-order valence-corrected chi connectivity index (χ1v) is 10.2. The molecule has 1 unspecified atom stereocenters. The second-order valence-electron chi connectivity index (χ2n) is 7.73. The number of nitrogens with one attached hydrogen (secondary N) is 1. The molecule has 5 rings (SSSR count). The zero-order valence-electron chi connectivity index (χ0n) is 16.7. The first kappa shape index (κ1) is 18.5. The third kappa shape index (κ3) is 3.96. The van der Waals surface area contributed by atoms with Crippen molar-refractivity contribution in [2.75, 3.05) is 25.2 Å². The van der Waals surface area contributed by atoms with E-state index in [1.807, 2.05) is 58.1 Å². The van der Waals surface area contributed by atoms with Crippen LogP contribution < -0.4 is 14.8 Å². The number of likely N-dealkylation sites (tertiary alicyclic amines) is 1. The minimum absolute atomic E-state index is 0.0846. The molecule has 1 aromatic heterocycles. The van der Waals surface area contributed by atoms with Gasteiger partial charge in [0, 0.05) is 55.4 Å². The summed E-state index contributed by atoms with van der Waals surface area (Å²) in [5.41, 5.74) is 2.86. The number of ether oxygens (including phenoxy) is 2. The molecule has 7 nitrogen and oxygen atoms in total. The standard InChI is InChI=1S/C23H24N4O3/c28-23(18-5-3-17(4-6-18)13-26-11-9-24-15-26)27-10-1-2-20(14-27)25-19-7-8-21-22(12-19)30-16-29-21/h3-9,11-12,15,20,25H,1-2,10,13-14,16H2. The summed E-state index contributed by atoms with van der Waals surface area (Å²) in [5.74, 6) is 1.62. The number of amides is 1. The monoisotopic (exact) mass is 404 g/mol. The van der Waals surface area contributed by atoms with Crippen molar-refractivity contribution in [1.82, 2.24) is 14.5 Å². The van der Waals surface area contributed by atoms with E-state index in [1.165, 1.54) is 0 Å². The van der Waals surface area contributed by atoms with Crippen molar-refractivity contribution in [3.63, 3.8) is 0 Å². The van der Waals surface area contributed by atoms with Crippen molar-refractivity contribution in [3.8, 4) is 11.5 Å². The molecule has 154 valence electrons. The summed E-state index contributed by atoms with van der Waals surface area (Å²) >= 11 is 0. The highest BCUT2D eigenvalue weighted by molar-refractivity contribution is 5.94. The van der Waals surface area contributed by atoms with Gasteiger partial charge in [-0.2, -0.15) is 0 Å². The van der Waals surface area contributed by atoms with E-state index in [9.17, 15) is 4.79 Å². The Balaban J connectivity index is 1.21. The Hall–Kier alpha value is -3.48. The van der Waals surface area contributed by atoms with E-state index in [0.29, 0.717) is 6.54 Å². The molecular weight excluding hydrogens is 380 g/mol. The molecular formula is C23H24N4O3. The number of rotatable bonds is 5. The average Bonchev–Trinajstić information content (AvgIpc) is 3.45. The van der Waals surface area contributed by atoms with Crippen LogP contribution in [-0.2, 0) is 6.54 Å². The van der Waals surface area contributed by atoms with E-state index in [0.717, 1.165) is 54.2 Å². The Labute approximate surface area is 175 Å². The molecule has 3 aromatic rings. The van der Waals surface area contributed by atoms with Gasteiger partial charge in [0.15, 0.2) is 11.5 Å². The molecule has 0 bridgehead atoms. The van der Waals surface area contributed by atoms with Crippen molar-refractivity contribution in [2.45, 2.75) is 25.4 Å². The first-order chi connectivity index (χ1) is 14.7. The maximum Gasteiger partial charge on any atom is 0.253 e. The molecule has 0 saturated carbocycles. The summed E-state index contributed by atoms with van der Waals surface area (Å²) in [7, 11) is 0. The van der Waals surface area contributed by atoms with Gasteiger partial charge in [0.25, 0.3) is 5.91 Å². The zero-order chi connectivity index (χ0) is 20.3. The van der Waals surface area contributed by atoms with E-state index in [-0.39, 0.29) is 18.7 Å². The fourth-order valence-corrected chi connectivity index (χ4v) is 4.03. The number of anilines is 1. The molecule has 1 atom stereocenters. The average molecular weight is 404 g/mol. The second kappa shape index (κ2) is 8.10. The van der Waals surface area contributed by atoms with E-state index in [2.05, 4.69) is 10.3 Å². The number of hydrogen-bond donors (Lipinski definition) is 1. The molecule has 1 saturated heterocycles. The summed E-state index contributed by atoms with van der Waals surface area (Å²) in [6.07, 6.45) is 7.50. The van der Waals surface area contributed by atoms with E-state index in [4.69, 9.17) is 9.47 Å². The normalized spacial score (nSPS) is 17.7. The van der Waals surface area contributed by atoms with Gasteiger partial charge in [0.05, 0.1) is 6.33 Å². The van der Waals surface area contributed by atoms with Crippen molar-refractivity contribution in [3.05, 3.63) is 72.3 Å². The van der Waals surface area contributed by atoms with Gasteiger partial charge in [0.2, 0.25) is 6.79 Å². The number of carbonyl (C=O) groups excluding carboxylic acids is 1. The maximum absolute atomic E-state index is 13.0. The third-order valence-corrected chi connectivity index (χ3v) is 5.58. The van der Waals surface area contributed by atoms with Crippen LogP contribution >= 0.6 is 0 Å². The number of aromatic nitrogens is 2. The van der Waals surface area contributed by atoms with E-state index >= 15 is 0 Å². The topological polar surface area (TPSA) is 68.6 Å². The Morgan fingerprint density at radius 2 is 2.00 bits per heavy atom. The summed E-state index contributed by atoms with van der Waals surface area (Å²) in [4.78, 5) is 19.0. The molecule has 30 heavy (non-hydrogen) atoms. The largest absolute Gasteiger partial charge is 0.454 e. The van der Waals surface area contributed by atoms with Gasteiger partial charge < -0.3 is 24.3 Å². The van der Waals surface area contributed by atoms with E-state index < -0.39 is 0 Å². The van der Waals surface area contributed by atoms with Crippen molar-refractivity contribution >= 4 is 11.6 Å². The molecule has 2 aromatic carbocycles. The summed E-state index contributed by atoms with van der Waals surface area (Å²) in [6.45, 7) is 2.49. The van der Waals surface area contributed by atoms with Gasteiger partial charge in [-0.25, -0.2) is 4.98 Å². The highest BCUT2D eigenvalue weighted by atomic mass is 16.7. The summed E-state index contributed by atoms with van der Waals surface area (Å²) in [6, 6.07) is 14.0. The Morgan fingerprint density at radius 1 is 1.13 bits per heavy atom. The lowest BCUT2D eigenvalue weighted by molar-refractivity contribution is 0.0715. The fourth-order valence-electron chi connectivity index (χ4n) is 4.03. The minimum atomic E-state index is 0.0846. The van der Waals surface area contributed by atoms with Gasteiger partial charge in [-0.3, -0.25) is 4.79 Å². The SMILES string of the molecule is O=C(c1ccc(Cn2ccnc2)cc1)N1CCCC(Nc2ccc3c(c2)OCO3)C1. The number of hydrogen-bond acceptors (Lipinski definition) is 5. The predicted octanol–water partition coefficient (Wildman–Crippen LogP) is 3.38. The van der Waals surface area contributed by atoms with Crippen molar-refractivity contribution in [1.29, 1.82) is 0 Å². The Bertz CT molecular complexity index is 1020. The van der Waals surface area contributed by atoms with Gasteiger partial charge in [-0.15, -0.1) is 0 Å². The minimum Gasteiger partial charge on any atom is -0.454 e. The van der Waals surface area contributed by atoms with Crippen LogP contribution in [0.3, 0.4) is 0 Å². The first-order valence-electron chi connectivity index (χ1n) is 10.2. The molecule has 1 N–H and O–H groups in total. The van der Waals surface area contributed by atoms with Crippen LogP contribution in [0.15, 0.2) is 61.2 Å². The number of piperidine rings is 1. The van der Waals surface area contributed by atoms with Gasteiger partial charge in [-0.05, 0) is 42.7 Å². The Kier molecular flexibility index (Phi) is 5.01. The smallest absolute Gasteiger partial charge is 0.253 e. The highest BCUT2D eigenvalue weighted by Crippen LogP contribution is 2.34. The highest BCUT2D eigenvalue weighted by Gasteiger charge is 2.25. The number of nitrogens with zero attached hydrogens (tertiary/aromatic N) is 3. The summed E-state index contributed by atoms with van der Waals surface area (Å²) < 4.78 is 12.8. The fraction of sp³-hybridized carbons (Fsp3) is 0.304. The number of fused-ring (bicyclic) bond motifs is 1. The van der Waals surface area contributed by atoms with Crippen molar-refractivity contribution in [2.24, 2.45) is 0 Å². The van der Waals surface area contributed by atoms with Crippen LogP contribution in [0.1, 0.15) is 28.8 Å². The number of benzene rings is 2. The quantitative estimate of drug-likeness (QED) is 0.706. The van der Waals surface area contributed by atoms with E-state index in [1.54, 1.807) is 12.5 Å². The van der Waals surface area contributed by atoms with Crippen LogP contribution in [0.2, 0.25) is 0 Å². The molecule has 1 fully saturated rings. The predicted molar refractivity (Wildman–Crippen MR) is 113 cm³/mol. The lowest BCUT2D eigenvalue weighted by Gasteiger charge is -2.34. The molecule has 2 aliphatic rings. The molecule has 0 spiro atoms. The molecule has 3 heterocycles. The van der Waals surface area contributed by atoms with Crippen LogP contribution in [0.5, 0.6) is 11.5 Å². The molecule has 2 aliphatic heterocycles. The van der Waals surface area contributed by atoms with Crippen LogP contribution in [0, 0.1) is 0 Å². The molecule has 0 radical (unpaired) electrons. The molecule has 0 aliphatic carbocycles. The lowest BCUT2D eigenvalue weighted by atomic mass is 10.0. The van der Waals surface area contributed by atoms with Crippen molar-refractivity contribution < 1.29 is 14.3 Å². The number of carbonyl (C=O) groups is 1. The van der Waals surface area contributed by atoms with Gasteiger partial charge in [0.1, 0.15) is 0 Å². The second-order valence-corrected chi connectivity index (χ2v) is 7.73. The van der Waals surface area contributed by atoms with Gasteiger partial charge in [-0.1, -0.05) is 12.1 Å². The van der Waals surface area contributed by atoms with Crippen LogP contribution in [0.25, 0.3) is 0 Å². The molecule has 1 amide bonds. The Morgan fingerprint density at radius 3 is 2.83 bits per heavy atom.